The second-order valence-electron chi connectivity index (χ2n) is 20.2. The van der Waals surface area contributed by atoms with E-state index >= 15 is 0 Å². The Morgan fingerprint density at radius 3 is 1.39 bits per heavy atom. The summed E-state index contributed by atoms with van der Waals surface area (Å²) in [6, 6.07) is 11.2. The number of alkyl carbamates (subject to hydrolysis) is 2. The van der Waals surface area contributed by atoms with Crippen molar-refractivity contribution in [3.8, 4) is 0 Å². The summed E-state index contributed by atoms with van der Waals surface area (Å²) in [6.45, 7) is 7.79. The molecule has 4 fully saturated rings. The molecule has 0 unspecified atom stereocenters. The normalized spacial score (nSPS) is 24.5. The predicted octanol–water partition coefficient (Wildman–Crippen LogP) is 9.49. The molecule has 0 spiro atoms. The minimum atomic E-state index is -0.645. The first kappa shape index (κ1) is 49.8. The van der Waals surface area contributed by atoms with Gasteiger partial charge in [-0.25, -0.2) is 9.59 Å². The number of carbonyl (C=O) groups is 4. The molecule has 4 aliphatic carbocycles. The van der Waals surface area contributed by atoms with Crippen LogP contribution >= 0.6 is 0 Å². The molecular formula is C54H66FeN8O6. The number of benzene rings is 2. The van der Waals surface area contributed by atoms with Crippen LogP contribution in [-0.2, 0) is 36.1 Å². The number of imidazole rings is 2. The number of nitrogens with one attached hydrogen (secondary N) is 2. The van der Waals surface area contributed by atoms with Crippen molar-refractivity contribution in [2.24, 2.45) is 23.7 Å². The van der Waals surface area contributed by atoms with E-state index in [-0.39, 0.29) is 64.9 Å². The Bertz CT molecular complexity index is 2480. The van der Waals surface area contributed by atoms with Crippen molar-refractivity contribution in [2.75, 3.05) is 14.2 Å². The first-order valence-electron chi connectivity index (χ1n) is 24.9. The fourth-order valence-electron chi connectivity index (χ4n) is 11.7. The number of aromatic nitrogens is 4. The van der Waals surface area contributed by atoms with E-state index in [4.69, 9.17) is 29.4 Å². The van der Waals surface area contributed by atoms with Crippen molar-refractivity contribution in [1.29, 1.82) is 0 Å². The summed E-state index contributed by atoms with van der Waals surface area (Å²) < 4.78 is 9.60. The number of nitrogens with zero attached hydrogens (tertiary/aromatic N) is 6. The number of carbonyl (C=O) groups excluding carboxylic acids is 4. The van der Waals surface area contributed by atoms with Crippen molar-refractivity contribution < 1.29 is 45.7 Å². The van der Waals surface area contributed by atoms with Crippen LogP contribution in [0.2, 0.25) is 0 Å². The van der Waals surface area contributed by atoms with Crippen LogP contribution in [0.25, 0.3) is 33.2 Å². The standard InChI is InChI=1S/2C27H34N4O3.Fe/c2*1-16(2)24(30-27(33)34-3)26(32)31-22-11-7-6-10-19(22)15-23(31)25-28-20-13-12-18(14-21(20)29-25)17-8-4-5-9-17;/h2*4-5,8,12-14,16,19,22-24H,6-7,9-11,15H2,1-3H3,(H2,28,29,30,33);/q;;+2/p-2/t2*19-,22-,23-,24-;/m00./s1. The number of rotatable bonds is 10. The third kappa shape index (κ3) is 10.3. The number of ether oxygens (including phenoxy) is 2. The zero-order chi connectivity index (χ0) is 47.6. The van der Waals surface area contributed by atoms with Crippen LogP contribution in [0.15, 0.2) is 72.9 Å². The second kappa shape index (κ2) is 21.5. The summed E-state index contributed by atoms with van der Waals surface area (Å²) in [4.78, 5) is 75.5. The Hall–Kier alpha value is -5.66. The number of likely N-dealkylation sites (tertiary alicyclic amines) is 2. The molecule has 6 aliphatic rings. The predicted molar refractivity (Wildman–Crippen MR) is 262 cm³/mol. The Labute approximate surface area is 416 Å². The van der Waals surface area contributed by atoms with Gasteiger partial charge in [-0.1, -0.05) is 138 Å². The molecule has 4 heterocycles. The molecule has 366 valence electrons. The SMILES string of the molecule is COC(=O)N[C@H](C(=O)N1[C@H](c2nc3cc(C4=CC=CC4)ccc3[n-]2)C[C@@H]2CCCC[C@@H]21)C(C)C.COC(=O)N[C@H](C(=O)N1[C@H](c2nc3cc(C4=CC=CC4)ccc3[n-]2)C[C@@H]2CCCC[C@@H]21)C(C)C.[Fe+2]. The molecule has 2 N–H and O–H groups in total. The van der Waals surface area contributed by atoms with E-state index < -0.39 is 24.3 Å². The molecular weight excluding hydrogens is 912 g/mol. The molecule has 4 amide bonds. The molecule has 8 atom stereocenters. The van der Waals surface area contributed by atoms with Crippen LogP contribution < -0.4 is 20.6 Å². The van der Waals surface area contributed by atoms with E-state index in [0.29, 0.717) is 23.5 Å². The monoisotopic (exact) mass is 978 g/mol. The smallest absolute Gasteiger partial charge is 0.453 e. The zero-order valence-corrected chi connectivity index (χ0v) is 41.8. The quantitative estimate of drug-likeness (QED) is 0.146. The largest absolute Gasteiger partial charge is 2.00 e. The Morgan fingerprint density at radius 2 is 1.03 bits per heavy atom. The third-order valence-corrected chi connectivity index (χ3v) is 15.2. The molecule has 15 heteroatoms. The Balaban J connectivity index is 0.000000183. The molecule has 69 heavy (non-hydrogen) atoms. The summed E-state index contributed by atoms with van der Waals surface area (Å²) in [6.07, 6.45) is 24.0. The van der Waals surface area contributed by atoms with Gasteiger partial charge in [0, 0.05) is 12.1 Å². The van der Waals surface area contributed by atoms with Gasteiger partial charge in [0.2, 0.25) is 11.8 Å². The van der Waals surface area contributed by atoms with Crippen LogP contribution in [0, 0.1) is 23.7 Å². The molecule has 2 saturated heterocycles. The maximum Gasteiger partial charge on any atom is 2.00 e. The maximum atomic E-state index is 13.9. The fourth-order valence-corrected chi connectivity index (χ4v) is 11.7. The van der Waals surface area contributed by atoms with Gasteiger partial charge in [-0.05, 0) is 119 Å². The van der Waals surface area contributed by atoms with E-state index in [9.17, 15) is 19.2 Å². The van der Waals surface area contributed by atoms with Gasteiger partial charge >= 0.3 is 29.3 Å². The van der Waals surface area contributed by atoms with Gasteiger partial charge in [0.05, 0.1) is 26.3 Å². The van der Waals surface area contributed by atoms with Crippen LogP contribution in [0.5, 0.6) is 0 Å². The topological polar surface area (TPSA) is 171 Å². The van der Waals surface area contributed by atoms with E-state index in [1.807, 2.05) is 49.6 Å². The number of hydrogen-bond donors (Lipinski definition) is 2. The van der Waals surface area contributed by atoms with Gasteiger partial charge in [-0.15, -0.1) is 0 Å². The number of hydrogen-bond acceptors (Lipinski definition) is 8. The Kier molecular flexibility index (Phi) is 15.5. The summed E-state index contributed by atoms with van der Waals surface area (Å²) in [5, 5.41) is 5.54. The van der Waals surface area contributed by atoms with Crippen molar-refractivity contribution in [1.82, 2.24) is 40.4 Å². The maximum absolute atomic E-state index is 13.9. The van der Waals surface area contributed by atoms with Crippen molar-refractivity contribution in [2.45, 2.75) is 141 Å². The molecule has 2 aliphatic heterocycles. The summed E-state index contributed by atoms with van der Waals surface area (Å²) in [5.74, 6) is 2.08. The van der Waals surface area contributed by atoms with Gasteiger partial charge in [-0.2, -0.15) is 0 Å². The minimum Gasteiger partial charge on any atom is -0.453 e. The van der Waals surface area contributed by atoms with Crippen molar-refractivity contribution in [3.05, 3.63) is 95.6 Å². The van der Waals surface area contributed by atoms with Crippen LogP contribution in [0.4, 0.5) is 9.59 Å². The fraction of sp³-hybridized carbons (Fsp3) is 0.519. The van der Waals surface area contributed by atoms with Crippen LogP contribution in [0.1, 0.15) is 140 Å². The number of amides is 4. The summed E-state index contributed by atoms with van der Waals surface area (Å²) in [7, 11) is 2.64. The molecule has 0 bridgehead atoms. The number of fused-ring (bicyclic) bond motifs is 4. The number of methoxy groups -OCH3 is 2. The average Bonchev–Trinajstić information content (AvgIpc) is 4.21. The molecule has 10 rings (SSSR count). The molecule has 4 aromatic rings. The van der Waals surface area contributed by atoms with Gasteiger partial charge in [0.1, 0.15) is 12.1 Å². The molecule has 2 aromatic heterocycles. The first-order chi connectivity index (χ1) is 32.9. The van der Waals surface area contributed by atoms with Crippen LogP contribution in [0.3, 0.4) is 0 Å². The zero-order valence-electron chi connectivity index (χ0n) is 40.7. The van der Waals surface area contributed by atoms with Crippen LogP contribution in [-0.4, -0.2) is 82.2 Å². The number of allylic oxidation sites excluding steroid dienone is 8. The Morgan fingerprint density at radius 1 is 0.623 bits per heavy atom. The third-order valence-electron chi connectivity index (χ3n) is 15.2. The molecule has 2 aromatic carbocycles. The minimum absolute atomic E-state index is 0. The van der Waals surface area contributed by atoms with Crippen molar-refractivity contribution in [3.63, 3.8) is 0 Å². The summed E-state index contributed by atoms with van der Waals surface area (Å²) in [5.41, 5.74) is 8.36. The van der Waals surface area contributed by atoms with Gasteiger partial charge in [0.25, 0.3) is 0 Å². The summed E-state index contributed by atoms with van der Waals surface area (Å²) >= 11 is 0. The van der Waals surface area contributed by atoms with Gasteiger partial charge < -0.3 is 49.8 Å². The van der Waals surface area contributed by atoms with Gasteiger partial charge in [-0.3, -0.25) is 9.59 Å². The van der Waals surface area contributed by atoms with E-state index in [2.05, 4.69) is 71.4 Å². The van der Waals surface area contributed by atoms with Crippen molar-refractivity contribution >= 4 is 57.2 Å². The molecule has 14 nitrogen and oxygen atoms in total. The van der Waals surface area contributed by atoms with E-state index in [1.165, 1.54) is 49.3 Å². The first-order valence-corrected chi connectivity index (χ1v) is 24.9. The second-order valence-corrected chi connectivity index (χ2v) is 20.2. The molecule has 2 saturated carbocycles. The average molecular weight is 979 g/mol. The van der Waals surface area contributed by atoms with Gasteiger partial charge in [0.15, 0.2) is 0 Å². The van der Waals surface area contributed by atoms with E-state index in [1.54, 1.807) is 0 Å². The van der Waals surface area contributed by atoms with E-state index in [0.717, 1.165) is 86.3 Å². The molecule has 0 radical (unpaired) electrons.